The highest BCUT2D eigenvalue weighted by Crippen LogP contribution is 2.24. The fourth-order valence-corrected chi connectivity index (χ4v) is 5.05. The van der Waals surface area contributed by atoms with Crippen molar-refractivity contribution in [3.05, 3.63) is 119 Å². The van der Waals surface area contributed by atoms with Gasteiger partial charge in [-0.25, -0.2) is 8.42 Å². The second-order valence-electron chi connectivity index (χ2n) is 8.14. The number of rotatable bonds is 9. The molecule has 0 fully saturated rings. The van der Waals surface area contributed by atoms with Crippen LogP contribution in [0.5, 0.6) is 11.5 Å². The third kappa shape index (κ3) is 6.51. The Balaban J connectivity index is 1.50. The van der Waals surface area contributed by atoms with E-state index in [-0.39, 0.29) is 18.0 Å². The zero-order chi connectivity index (χ0) is 25.5. The number of hydrogen-bond donors (Lipinski definition) is 1. The van der Waals surface area contributed by atoms with Crippen molar-refractivity contribution in [1.29, 1.82) is 0 Å². The Morgan fingerprint density at radius 2 is 1.44 bits per heavy atom. The van der Waals surface area contributed by atoms with E-state index < -0.39 is 15.9 Å². The van der Waals surface area contributed by atoms with E-state index in [1.165, 1.54) is 28.6 Å². The molecule has 0 unspecified atom stereocenters. The van der Waals surface area contributed by atoms with E-state index in [9.17, 15) is 13.2 Å². The summed E-state index contributed by atoms with van der Waals surface area (Å²) >= 11 is 5.94. The van der Waals surface area contributed by atoms with E-state index >= 15 is 0 Å². The molecule has 4 aromatic rings. The van der Waals surface area contributed by atoms with Gasteiger partial charge < -0.3 is 10.1 Å². The minimum atomic E-state index is -3.97. The molecule has 0 aromatic heterocycles. The summed E-state index contributed by atoms with van der Waals surface area (Å²) in [6.45, 7) is 1.60. The smallest absolute Gasteiger partial charge is 0.243 e. The first kappa shape index (κ1) is 25.4. The number of sulfonamides is 1. The number of benzene rings is 4. The molecule has 1 N–H and O–H groups in total. The minimum Gasteiger partial charge on any atom is -0.457 e. The van der Waals surface area contributed by atoms with Gasteiger partial charge in [0.25, 0.3) is 0 Å². The van der Waals surface area contributed by atoms with E-state index in [1.54, 1.807) is 24.3 Å². The van der Waals surface area contributed by atoms with Crippen molar-refractivity contribution in [1.82, 2.24) is 4.31 Å². The molecular formula is C28H25ClN2O4S. The van der Waals surface area contributed by atoms with Crippen molar-refractivity contribution >= 4 is 33.2 Å². The van der Waals surface area contributed by atoms with Crippen molar-refractivity contribution in [2.24, 2.45) is 0 Å². The number of carbonyl (C=O) groups excluding carboxylic acids is 1. The van der Waals surface area contributed by atoms with Gasteiger partial charge in [0.15, 0.2) is 0 Å². The Morgan fingerprint density at radius 1 is 0.833 bits per heavy atom. The molecule has 0 heterocycles. The summed E-state index contributed by atoms with van der Waals surface area (Å²) in [5.74, 6) is 0.858. The van der Waals surface area contributed by atoms with Crippen LogP contribution in [-0.2, 0) is 21.4 Å². The Morgan fingerprint density at radius 3 is 2.11 bits per heavy atom. The molecule has 0 atom stereocenters. The van der Waals surface area contributed by atoms with E-state index in [1.807, 2.05) is 61.5 Å². The largest absolute Gasteiger partial charge is 0.457 e. The van der Waals surface area contributed by atoms with Crippen LogP contribution in [0, 0.1) is 6.92 Å². The minimum absolute atomic E-state index is 0.0505. The van der Waals surface area contributed by atoms with Crippen LogP contribution in [0.4, 0.5) is 5.69 Å². The summed E-state index contributed by atoms with van der Waals surface area (Å²) < 4.78 is 33.8. The van der Waals surface area contributed by atoms with E-state index in [2.05, 4.69) is 5.32 Å². The Labute approximate surface area is 216 Å². The Kier molecular flexibility index (Phi) is 8.05. The van der Waals surface area contributed by atoms with Gasteiger partial charge in [0.1, 0.15) is 11.5 Å². The van der Waals surface area contributed by atoms with Gasteiger partial charge in [0.2, 0.25) is 15.9 Å². The highest BCUT2D eigenvalue weighted by atomic mass is 35.5. The van der Waals surface area contributed by atoms with E-state index in [4.69, 9.17) is 16.3 Å². The Bertz CT molecular complexity index is 1420. The topological polar surface area (TPSA) is 75.7 Å². The maximum absolute atomic E-state index is 13.5. The van der Waals surface area contributed by atoms with Crippen molar-refractivity contribution in [2.75, 3.05) is 11.9 Å². The van der Waals surface area contributed by atoms with Gasteiger partial charge in [-0.15, -0.1) is 0 Å². The highest BCUT2D eigenvalue weighted by molar-refractivity contribution is 7.89. The quantitative estimate of drug-likeness (QED) is 0.282. The fourth-order valence-electron chi connectivity index (χ4n) is 3.55. The number of carbonyl (C=O) groups is 1. The van der Waals surface area contributed by atoms with Crippen molar-refractivity contribution in [2.45, 2.75) is 18.4 Å². The maximum Gasteiger partial charge on any atom is 0.243 e. The third-order valence-electron chi connectivity index (χ3n) is 5.50. The Hall–Kier alpha value is -3.65. The van der Waals surface area contributed by atoms with Gasteiger partial charge in [0.05, 0.1) is 11.4 Å². The number of aryl methyl sites for hydroxylation is 1. The standard InChI is InChI=1S/C28H25ClN2O4S/c1-21-7-5-6-8-22(21)19-31(36(33,34)27-17-11-23(29)12-18-27)20-28(32)30-24-13-15-26(16-14-24)35-25-9-3-2-4-10-25/h2-18H,19-20H2,1H3,(H,30,32). The molecule has 6 nitrogen and oxygen atoms in total. The average Bonchev–Trinajstić information content (AvgIpc) is 2.87. The molecule has 1 amide bonds. The van der Waals surface area contributed by atoms with Crippen LogP contribution in [0.25, 0.3) is 0 Å². The van der Waals surface area contributed by atoms with Crippen molar-refractivity contribution in [3.8, 4) is 11.5 Å². The van der Waals surface area contributed by atoms with Gasteiger partial charge in [0, 0.05) is 17.3 Å². The lowest BCUT2D eigenvalue weighted by Crippen LogP contribution is -2.37. The van der Waals surface area contributed by atoms with Crippen LogP contribution >= 0.6 is 11.6 Å². The van der Waals surface area contributed by atoms with E-state index in [0.29, 0.717) is 22.2 Å². The van der Waals surface area contributed by atoms with Crippen molar-refractivity contribution < 1.29 is 17.9 Å². The number of nitrogens with zero attached hydrogens (tertiary/aromatic N) is 1. The maximum atomic E-state index is 13.5. The van der Waals surface area contributed by atoms with Gasteiger partial charge >= 0.3 is 0 Å². The molecule has 8 heteroatoms. The first-order valence-corrected chi connectivity index (χ1v) is 13.1. The summed E-state index contributed by atoms with van der Waals surface area (Å²) in [5.41, 5.74) is 2.27. The zero-order valence-corrected chi connectivity index (χ0v) is 21.2. The number of nitrogens with one attached hydrogen (secondary N) is 1. The first-order chi connectivity index (χ1) is 17.3. The fraction of sp³-hybridized carbons (Fsp3) is 0.107. The second-order valence-corrected chi connectivity index (χ2v) is 10.5. The van der Waals surface area contributed by atoms with Crippen LogP contribution in [0.2, 0.25) is 5.02 Å². The lowest BCUT2D eigenvalue weighted by atomic mass is 10.1. The number of halogens is 1. The average molecular weight is 521 g/mol. The summed E-state index contributed by atoms with van der Waals surface area (Å²) in [7, 11) is -3.97. The van der Waals surface area contributed by atoms with Crippen LogP contribution in [-0.4, -0.2) is 25.2 Å². The molecule has 4 aromatic carbocycles. The third-order valence-corrected chi connectivity index (χ3v) is 7.55. The normalized spacial score (nSPS) is 11.3. The molecule has 0 aliphatic carbocycles. The van der Waals surface area contributed by atoms with Gasteiger partial charge in [-0.2, -0.15) is 4.31 Å². The zero-order valence-electron chi connectivity index (χ0n) is 19.6. The molecule has 0 saturated heterocycles. The SMILES string of the molecule is Cc1ccccc1CN(CC(=O)Nc1ccc(Oc2ccccc2)cc1)S(=O)(=O)c1ccc(Cl)cc1. The molecule has 0 aliphatic heterocycles. The summed E-state index contributed by atoms with van der Waals surface area (Å²) in [4.78, 5) is 13.0. The first-order valence-electron chi connectivity index (χ1n) is 11.2. The van der Waals surface area contributed by atoms with Crippen LogP contribution in [0.3, 0.4) is 0 Å². The predicted octanol–water partition coefficient (Wildman–Crippen LogP) is 6.27. The molecule has 4 rings (SSSR count). The number of amides is 1. The summed E-state index contributed by atoms with van der Waals surface area (Å²) in [6, 6.07) is 29.6. The highest BCUT2D eigenvalue weighted by Gasteiger charge is 2.27. The molecule has 0 aliphatic rings. The summed E-state index contributed by atoms with van der Waals surface area (Å²) in [6.07, 6.45) is 0. The van der Waals surface area contributed by atoms with Crippen LogP contribution < -0.4 is 10.1 Å². The van der Waals surface area contributed by atoms with Gasteiger partial charge in [-0.3, -0.25) is 4.79 Å². The number of ether oxygens (including phenoxy) is 1. The molecule has 0 saturated carbocycles. The predicted molar refractivity (Wildman–Crippen MR) is 142 cm³/mol. The molecular weight excluding hydrogens is 496 g/mol. The van der Waals surface area contributed by atoms with Gasteiger partial charge in [-0.1, -0.05) is 54.1 Å². The molecule has 0 bridgehead atoms. The monoisotopic (exact) mass is 520 g/mol. The number of anilines is 1. The molecule has 184 valence electrons. The van der Waals surface area contributed by atoms with Crippen molar-refractivity contribution in [3.63, 3.8) is 0 Å². The number of para-hydroxylation sites is 1. The lowest BCUT2D eigenvalue weighted by Gasteiger charge is -2.23. The van der Waals surface area contributed by atoms with Crippen LogP contribution in [0.1, 0.15) is 11.1 Å². The second kappa shape index (κ2) is 11.4. The van der Waals surface area contributed by atoms with Gasteiger partial charge in [-0.05, 0) is 78.7 Å². The number of hydrogen-bond acceptors (Lipinski definition) is 4. The lowest BCUT2D eigenvalue weighted by molar-refractivity contribution is -0.116. The van der Waals surface area contributed by atoms with Crippen LogP contribution in [0.15, 0.2) is 108 Å². The van der Waals surface area contributed by atoms with E-state index in [0.717, 1.165) is 11.1 Å². The molecule has 36 heavy (non-hydrogen) atoms. The summed E-state index contributed by atoms with van der Waals surface area (Å²) in [5, 5.41) is 3.20. The molecule has 0 radical (unpaired) electrons. The molecule has 0 spiro atoms.